The molecule has 2 aromatic carbocycles. The Balaban J connectivity index is 1.80. The van der Waals surface area contributed by atoms with E-state index in [2.05, 4.69) is 0 Å². The predicted molar refractivity (Wildman–Crippen MR) is 103 cm³/mol. The average Bonchev–Trinajstić information content (AvgIpc) is 3.11. The predicted octanol–water partition coefficient (Wildman–Crippen LogP) is 5.14. The number of amides is 1. The molecular weight excluding hydrogens is 349 g/mol. The SMILES string of the molecule is COc1ccc(CN(C)C(=O)c2sccc2-c2ccc(C)cc2)cc1F. The van der Waals surface area contributed by atoms with Gasteiger partial charge in [-0.05, 0) is 41.6 Å². The van der Waals surface area contributed by atoms with Gasteiger partial charge in [0.05, 0.1) is 12.0 Å². The van der Waals surface area contributed by atoms with Crippen LogP contribution in [0, 0.1) is 12.7 Å². The van der Waals surface area contributed by atoms with Gasteiger partial charge in [0.1, 0.15) is 0 Å². The van der Waals surface area contributed by atoms with Gasteiger partial charge in [0.2, 0.25) is 0 Å². The van der Waals surface area contributed by atoms with Gasteiger partial charge in [-0.1, -0.05) is 35.9 Å². The van der Waals surface area contributed by atoms with Gasteiger partial charge in [0.15, 0.2) is 11.6 Å². The van der Waals surface area contributed by atoms with Crippen molar-refractivity contribution in [2.45, 2.75) is 13.5 Å². The number of aryl methyl sites for hydroxylation is 1. The fourth-order valence-corrected chi connectivity index (χ4v) is 3.67. The molecule has 0 saturated heterocycles. The Kier molecular flexibility index (Phi) is 5.38. The lowest BCUT2D eigenvalue weighted by Gasteiger charge is -2.18. The van der Waals surface area contributed by atoms with Crippen molar-refractivity contribution in [3.63, 3.8) is 0 Å². The zero-order valence-corrected chi connectivity index (χ0v) is 15.8. The van der Waals surface area contributed by atoms with Crippen LogP contribution in [0.25, 0.3) is 11.1 Å². The van der Waals surface area contributed by atoms with Crippen molar-refractivity contribution in [3.05, 3.63) is 75.7 Å². The smallest absolute Gasteiger partial charge is 0.264 e. The zero-order valence-electron chi connectivity index (χ0n) is 15.0. The number of rotatable bonds is 5. The number of benzene rings is 2. The molecule has 0 unspecified atom stereocenters. The van der Waals surface area contributed by atoms with Gasteiger partial charge in [0.25, 0.3) is 5.91 Å². The molecule has 3 rings (SSSR count). The Labute approximate surface area is 156 Å². The molecule has 0 aliphatic heterocycles. The number of carbonyl (C=O) groups excluding carboxylic acids is 1. The first-order chi connectivity index (χ1) is 12.5. The number of carbonyl (C=O) groups is 1. The number of thiophene rings is 1. The molecule has 0 aliphatic rings. The molecule has 1 heterocycles. The lowest BCUT2D eigenvalue weighted by Crippen LogP contribution is -2.25. The summed E-state index contributed by atoms with van der Waals surface area (Å²) in [6.45, 7) is 2.36. The fourth-order valence-electron chi connectivity index (χ4n) is 2.76. The van der Waals surface area contributed by atoms with E-state index < -0.39 is 5.82 Å². The summed E-state index contributed by atoms with van der Waals surface area (Å²) in [4.78, 5) is 15.2. The van der Waals surface area contributed by atoms with E-state index in [0.29, 0.717) is 17.0 Å². The summed E-state index contributed by atoms with van der Waals surface area (Å²) < 4.78 is 18.8. The molecule has 0 radical (unpaired) electrons. The van der Waals surface area contributed by atoms with E-state index in [4.69, 9.17) is 4.74 Å². The van der Waals surface area contributed by atoms with Gasteiger partial charge in [0, 0.05) is 19.2 Å². The molecule has 1 aromatic heterocycles. The number of halogens is 1. The van der Waals surface area contributed by atoms with Crippen molar-refractivity contribution < 1.29 is 13.9 Å². The Morgan fingerprint density at radius 1 is 1.15 bits per heavy atom. The standard InChI is InChI=1S/C21H20FNO2S/c1-14-4-7-16(8-5-14)17-10-11-26-20(17)21(24)23(2)13-15-6-9-19(25-3)18(22)12-15/h4-12H,13H2,1-3H3. The van der Waals surface area contributed by atoms with Crippen LogP contribution >= 0.6 is 11.3 Å². The quantitative estimate of drug-likeness (QED) is 0.623. The van der Waals surface area contributed by atoms with E-state index >= 15 is 0 Å². The molecule has 26 heavy (non-hydrogen) atoms. The Bertz CT molecular complexity index is 918. The van der Waals surface area contributed by atoms with Crippen molar-refractivity contribution in [1.82, 2.24) is 4.90 Å². The molecule has 3 aromatic rings. The van der Waals surface area contributed by atoms with Gasteiger partial charge in [-0.3, -0.25) is 4.79 Å². The van der Waals surface area contributed by atoms with Crippen LogP contribution in [0.1, 0.15) is 20.8 Å². The molecule has 134 valence electrons. The molecule has 0 aliphatic carbocycles. The summed E-state index contributed by atoms with van der Waals surface area (Å²) in [5.74, 6) is -0.309. The summed E-state index contributed by atoms with van der Waals surface area (Å²) in [6, 6.07) is 14.8. The van der Waals surface area contributed by atoms with Crippen LogP contribution in [0.15, 0.2) is 53.9 Å². The van der Waals surface area contributed by atoms with E-state index in [-0.39, 0.29) is 11.7 Å². The van der Waals surface area contributed by atoms with E-state index in [1.165, 1.54) is 30.1 Å². The zero-order chi connectivity index (χ0) is 18.7. The lowest BCUT2D eigenvalue weighted by atomic mass is 10.0. The van der Waals surface area contributed by atoms with Crippen molar-refractivity contribution in [2.24, 2.45) is 0 Å². The maximum Gasteiger partial charge on any atom is 0.264 e. The van der Waals surface area contributed by atoms with E-state index in [9.17, 15) is 9.18 Å². The second-order valence-corrected chi connectivity index (χ2v) is 7.08. The molecular formula is C21H20FNO2S. The molecule has 1 amide bonds. The molecule has 0 spiro atoms. The van der Waals surface area contributed by atoms with Crippen LogP contribution in [0.4, 0.5) is 4.39 Å². The minimum absolute atomic E-state index is 0.0770. The highest BCUT2D eigenvalue weighted by Gasteiger charge is 2.19. The van der Waals surface area contributed by atoms with Gasteiger partial charge in [-0.15, -0.1) is 11.3 Å². The minimum Gasteiger partial charge on any atom is -0.494 e. The first-order valence-corrected chi connectivity index (χ1v) is 9.10. The number of ether oxygens (including phenoxy) is 1. The molecule has 0 fully saturated rings. The summed E-state index contributed by atoms with van der Waals surface area (Å²) in [6.07, 6.45) is 0. The molecule has 5 heteroatoms. The third-order valence-corrected chi connectivity index (χ3v) is 5.11. The Hall–Kier alpha value is -2.66. The van der Waals surface area contributed by atoms with Crippen LogP contribution in [0.2, 0.25) is 0 Å². The number of methoxy groups -OCH3 is 1. The first-order valence-electron chi connectivity index (χ1n) is 8.22. The van der Waals surface area contributed by atoms with Crippen LogP contribution in [0.5, 0.6) is 5.75 Å². The number of nitrogens with zero attached hydrogens (tertiary/aromatic N) is 1. The molecule has 0 atom stereocenters. The number of hydrogen-bond acceptors (Lipinski definition) is 3. The van der Waals surface area contributed by atoms with E-state index in [1.807, 2.05) is 42.6 Å². The second-order valence-electron chi connectivity index (χ2n) is 6.16. The highest BCUT2D eigenvalue weighted by molar-refractivity contribution is 7.12. The summed E-state index contributed by atoms with van der Waals surface area (Å²) >= 11 is 1.42. The minimum atomic E-state index is -0.428. The maximum absolute atomic E-state index is 13.9. The topological polar surface area (TPSA) is 29.5 Å². The summed E-state index contributed by atoms with van der Waals surface area (Å²) in [7, 11) is 3.15. The molecule has 0 saturated carbocycles. The van der Waals surface area contributed by atoms with Gasteiger partial charge >= 0.3 is 0 Å². The first kappa shape index (κ1) is 18.1. The van der Waals surface area contributed by atoms with Crippen molar-refractivity contribution in [1.29, 1.82) is 0 Å². The summed E-state index contributed by atoms with van der Waals surface area (Å²) in [5, 5.41) is 1.92. The maximum atomic E-state index is 13.9. The third-order valence-electron chi connectivity index (χ3n) is 4.20. The van der Waals surface area contributed by atoms with Crippen LogP contribution in [-0.4, -0.2) is 25.0 Å². The van der Waals surface area contributed by atoms with Crippen molar-refractivity contribution in [2.75, 3.05) is 14.2 Å². The molecule has 0 N–H and O–H groups in total. The monoisotopic (exact) mass is 369 g/mol. The van der Waals surface area contributed by atoms with Crippen molar-refractivity contribution >= 4 is 17.2 Å². The van der Waals surface area contributed by atoms with Crippen LogP contribution in [-0.2, 0) is 6.54 Å². The third kappa shape index (κ3) is 3.78. The van der Waals surface area contributed by atoms with Crippen LogP contribution in [0.3, 0.4) is 0 Å². The van der Waals surface area contributed by atoms with Gasteiger partial charge in [-0.2, -0.15) is 0 Å². The van der Waals surface area contributed by atoms with E-state index in [0.717, 1.165) is 11.1 Å². The summed E-state index contributed by atoms with van der Waals surface area (Å²) in [5.41, 5.74) is 3.83. The largest absolute Gasteiger partial charge is 0.494 e. The normalized spacial score (nSPS) is 10.6. The average molecular weight is 369 g/mol. The van der Waals surface area contributed by atoms with Crippen LogP contribution < -0.4 is 4.74 Å². The Morgan fingerprint density at radius 3 is 2.54 bits per heavy atom. The highest BCUT2D eigenvalue weighted by Crippen LogP contribution is 2.30. The highest BCUT2D eigenvalue weighted by atomic mass is 32.1. The van der Waals surface area contributed by atoms with Crippen molar-refractivity contribution in [3.8, 4) is 16.9 Å². The second kappa shape index (κ2) is 7.70. The van der Waals surface area contributed by atoms with Gasteiger partial charge < -0.3 is 9.64 Å². The molecule has 3 nitrogen and oxygen atoms in total. The Morgan fingerprint density at radius 2 is 1.88 bits per heavy atom. The van der Waals surface area contributed by atoms with Gasteiger partial charge in [-0.25, -0.2) is 4.39 Å². The lowest BCUT2D eigenvalue weighted by molar-refractivity contribution is 0.0790. The fraction of sp³-hybridized carbons (Fsp3) is 0.190. The number of hydrogen-bond donors (Lipinski definition) is 0. The molecule has 0 bridgehead atoms. The van der Waals surface area contributed by atoms with E-state index in [1.54, 1.807) is 24.1 Å².